The minimum absolute atomic E-state index is 0.0113. The molecule has 4 aromatic rings. The highest BCUT2D eigenvalue weighted by molar-refractivity contribution is 7.89. The molecule has 0 radical (unpaired) electrons. The lowest BCUT2D eigenvalue weighted by atomic mass is 9.94. The van der Waals surface area contributed by atoms with Crippen molar-refractivity contribution in [2.24, 2.45) is 0 Å². The van der Waals surface area contributed by atoms with Gasteiger partial charge < -0.3 is 10.5 Å². The minimum Gasteiger partial charge on any atom is -0.480 e. The summed E-state index contributed by atoms with van der Waals surface area (Å²) in [6.45, 7) is 0. The van der Waals surface area contributed by atoms with E-state index >= 15 is 0 Å². The van der Waals surface area contributed by atoms with E-state index in [1.165, 1.54) is 23.9 Å². The summed E-state index contributed by atoms with van der Waals surface area (Å²) in [5, 5.41) is 0.350. The summed E-state index contributed by atoms with van der Waals surface area (Å²) < 4.78 is 35.3. The van der Waals surface area contributed by atoms with Crippen molar-refractivity contribution >= 4 is 26.9 Å². The minimum atomic E-state index is -3.82. The Labute approximate surface area is 196 Å². The van der Waals surface area contributed by atoms with Crippen molar-refractivity contribution in [1.82, 2.24) is 19.3 Å². The van der Waals surface area contributed by atoms with E-state index in [1.807, 2.05) is 18.2 Å². The molecule has 34 heavy (non-hydrogen) atoms. The molecule has 174 valence electrons. The number of aromatic nitrogens is 3. The molecular weight excluding hydrogens is 454 g/mol. The van der Waals surface area contributed by atoms with Gasteiger partial charge in [-0.2, -0.15) is 0 Å². The normalized spacial score (nSPS) is 14.1. The van der Waals surface area contributed by atoms with E-state index in [9.17, 15) is 13.2 Å². The van der Waals surface area contributed by atoms with E-state index in [0.717, 1.165) is 19.3 Å². The molecule has 0 bridgehead atoms. The first-order valence-electron chi connectivity index (χ1n) is 10.8. The molecule has 1 aliphatic rings. The molecular formula is C24H23N5O4S. The fourth-order valence-electron chi connectivity index (χ4n) is 3.95. The predicted molar refractivity (Wildman–Crippen MR) is 129 cm³/mol. The number of nitrogens with zero attached hydrogens (tertiary/aromatic N) is 3. The van der Waals surface area contributed by atoms with Gasteiger partial charge in [0, 0.05) is 17.8 Å². The molecule has 2 heterocycles. The Bertz CT molecular complexity index is 1550. The lowest BCUT2D eigenvalue weighted by Crippen LogP contribution is -2.39. The van der Waals surface area contributed by atoms with E-state index < -0.39 is 10.0 Å². The highest BCUT2D eigenvalue weighted by Gasteiger charge is 2.28. The molecule has 1 fully saturated rings. The van der Waals surface area contributed by atoms with Crippen LogP contribution in [0.5, 0.6) is 5.88 Å². The molecule has 3 N–H and O–H groups in total. The fraction of sp³-hybridized carbons (Fsp3) is 0.208. The molecule has 2 aromatic carbocycles. The van der Waals surface area contributed by atoms with Crippen LogP contribution < -0.4 is 20.8 Å². The molecule has 1 saturated carbocycles. The summed E-state index contributed by atoms with van der Waals surface area (Å²) in [4.78, 5) is 21.9. The third kappa shape index (κ3) is 3.91. The Morgan fingerprint density at radius 1 is 1.09 bits per heavy atom. The summed E-state index contributed by atoms with van der Waals surface area (Å²) in [6, 6.07) is 15.5. The zero-order valence-corrected chi connectivity index (χ0v) is 19.2. The SMILES string of the molecule is COc1ncc(-c2ccc3nc(N)n(-c4ccccc4)c(=O)c3c2)cc1S(=O)(=O)NC1CCC1. The van der Waals surface area contributed by atoms with Gasteiger partial charge in [0.25, 0.3) is 5.56 Å². The van der Waals surface area contributed by atoms with Crippen molar-refractivity contribution in [2.75, 3.05) is 12.8 Å². The van der Waals surface area contributed by atoms with Crippen molar-refractivity contribution in [3.05, 3.63) is 71.1 Å². The highest BCUT2D eigenvalue weighted by atomic mass is 32.2. The van der Waals surface area contributed by atoms with Gasteiger partial charge in [-0.15, -0.1) is 0 Å². The van der Waals surface area contributed by atoms with Gasteiger partial charge in [-0.05, 0) is 48.7 Å². The summed E-state index contributed by atoms with van der Waals surface area (Å²) in [7, 11) is -2.45. The van der Waals surface area contributed by atoms with Crippen molar-refractivity contribution in [3.63, 3.8) is 0 Å². The van der Waals surface area contributed by atoms with Gasteiger partial charge >= 0.3 is 0 Å². The Hall–Kier alpha value is -3.76. The van der Waals surface area contributed by atoms with E-state index in [4.69, 9.17) is 10.5 Å². The van der Waals surface area contributed by atoms with Crippen LogP contribution in [0.15, 0.2) is 70.5 Å². The van der Waals surface area contributed by atoms with E-state index in [2.05, 4.69) is 14.7 Å². The van der Waals surface area contributed by atoms with Gasteiger partial charge in [-0.1, -0.05) is 30.7 Å². The number of nitrogens with two attached hydrogens (primary N) is 1. The first-order chi connectivity index (χ1) is 16.4. The van der Waals surface area contributed by atoms with Crippen molar-refractivity contribution in [2.45, 2.75) is 30.2 Å². The number of sulfonamides is 1. The standard InChI is InChI=1S/C24H23N5O4S/c1-33-22-21(34(31,32)28-17-6-5-7-17)13-16(14-26-22)15-10-11-20-19(12-15)23(30)29(24(25)27-20)18-8-3-2-4-9-18/h2-4,8-14,17,28H,5-7H2,1H3,(H2,25,27). The summed E-state index contributed by atoms with van der Waals surface area (Å²) in [5.41, 5.74) is 7.95. The maximum atomic E-state index is 13.3. The van der Waals surface area contributed by atoms with Crippen LogP contribution in [0.2, 0.25) is 0 Å². The average Bonchev–Trinajstić information content (AvgIpc) is 2.82. The van der Waals surface area contributed by atoms with Crippen molar-refractivity contribution < 1.29 is 13.2 Å². The molecule has 1 aliphatic carbocycles. The summed E-state index contributed by atoms with van der Waals surface area (Å²) >= 11 is 0. The lowest BCUT2D eigenvalue weighted by Gasteiger charge is -2.26. The number of hydrogen-bond donors (Lipinski definition) is 2. The molecule has 0 aliphatic heterocycles. The van der Waals surface area contributed by atoms with Crippen molar-refractivity contribution in [3.8, 4) is 22.7 Å². The number of methoxy groups -OCH3 is 1. The molecule has 10 heteroatoms. The van der Waals surface area contributed by atoms with Crippen LogP contribution in [-0.4, -0.2) is 36.1 Å². The van der Waals surface area contributed by atoms with Crippen molar-refractivity contribution in [1.29, 1.82) is 0 Å². The molecule has 0 unspecified atom stereocenters. The molecule has 0 saturated heterocycles. The Morgan fingerprint density at radius 3 is 2.53 bits per heavy atom. The van der Waals surface area contributed by atoms with E-state index in [0.29, 0.717) is 27.7 Å². The number of nitrogens with one attached hydrogen (secondary N) is 1. The largest absolute Gasteiger partial charge is 0.480 e. The third-order valence-corrected chi connectivity index (χ3v) is 7.49. The fourth-order valence-corrected chi connectivity index (χ4v) is 5.40. The van der Waals surface area contributed by atoms with Crippen LogP contribution in [0.25, 0.3) is 27.7 Å². The first kappa shape index (κ1) is 22.1. The second kappa shape index (κ2) is 8.54. The molecule has 5 rings (SSSR count). The van der Waals surface area contributed by atoms with Gasteiger partial charge in [0.05, 0.1) is 23.7 Å². The van der Waals surface area contributed by atoms with Crippen LogP contribution >= 0.6 is 0 Å². The maximum Gasteiger partial charge on any atom is 0.267 e. The van der Waals surface area contributed by atoms with Crippen LogP contribution in [-0.2, 0) is 10.0 Å². The van der Waals surface area contributed by atoms with Crippen LogP contribution in [0.3, 0.4) is 0 Å². The molecule has 0 amide bonds. The number of hydrogen-bond acceptors (Lipinski definition) is 7. The number of anilines is 1. The Kier molecular flexibility index (Phi) is 5.54. The van der Waals surface area contributed by atoms with Crippen LogP contribution in [0.4, 0.5) is 5.95 Å². The predicted octanol–water partition coefficient (Wildman–Crippen LogP) is 2.87. The quantitative estimate of drug-likeness (QED) is 0.437. The van der Waals surface area contributed by atoms with Gasteiger partial charge in [0.2, 0.25) is 21.9 Å². The van der Waals surface area contributed by atoms with E-state index in [1.54, 1.807) is 30.3 Å². The monoisotopic (exact) mass is 477 g/mol. The van der Waals surface area contributed by atoms with Gasteiger partial charge in [0.1, 0.15) is 4.90 Å². The molecule has 0 atom stereocenters. The molecule has 9 nitrogen and oxygen atoms in total. The second-order valence-electron chi connectivity index (χ2n) is 8.16. The molecule has 0 spiro atoms. The number of pyridine rings is 1. The lowest BCUT2D eigenvalue weighted by molar-refractivity contribution is 0.374. The first-order valence-corrected chi connectivity index (χ1v) is 12.3. The second-order valence-corrected chi connectivity index (χ2v) is 9.84. The zero-order chi connectivity index (χ0) is 23.9. The zero-order valence-electron chi connectivity index (χ0n) is 18.4. The Morgan fingerprint density at radius 2 is 1.85 bits per heavy atom. The smallest absolute Gasteiger partial charge is 0.267 e. The highest BCUT2D eigenvalue weighted by Crippen LogP contribution is 2.30. The number of para-hydroxylation sites is 1. The van der Waals surface area contributed by atoms with Gasteiger partial charge in [-0.25, -0.2) is 27.7 Å². The summed E-state index contributed by atoms with van der Waals surface area (Å²) in [5.74, 6) is 0.0928. The van der Waals surface area contributed by atoms with Crippen LogP contribution in [0.1, 0.15) is 19.3 Å². The number of rotatable bonds is 6. The number of fused-ring (bicyclic) bond motifs is 1. The maximum absolute atomic E-state index is 13.3. The topological polar surface area (TPSA) is 129 Å². The Balaban J connectivity index is 1.63. The van der Waals surface area contributed by atoms with Crippen LogP contribution in [0, 0.1) is 0 Å². The number of ether oxygens (including phenoxy) is 1. The number of benzene rings is 2. The van der Waals surface area contributed by atoms with Gasteiger partial charge in [-0.3, -0.25) is 4.79 Å². The van der Waals surface area contributed by atoms with Gasteiger partial charge in [0.15, 0.2) is 0 Å². The number of nitrogen functional groups attached to an aromatic ring is 1. The third-order valence-electron chi connectivity index (χ3n) is 5.97. The molecule has 2 aromatic heterocycles. The average molecular weight is 478 g/mol. The summed E-state index contributed by atoms with van der Waals surface area (Å²) in [6.07, 6.45) is 4.13. The van der Waals surface area contributed by atoms with E-state index in [-0.39, 0.29) is 28.3 Å².